The predicted octanol–water partition coefficient (Wildman–Crippen LogP) is 3.59. The molecule has 0 aliphatic carbocycles. The lowest BCUT2D eigenvalue weighted by molar-refractivity contribution is -0.148. The van der Waals surface area contributed by atoms with Crippen LogP contribution in [0.5, 0.6) is 0 Å². The van der Waals surface area contributed by atoms with E-state index in [4.69, 9.17) is 4.74 Å². The number of sulfonamides is 1. The molecule has 2 N–H and O–H groups in total. The number of ether oxygens (including phenoxy) is 1. The van der Waals surface area contributed by atoms with E-state index in [9.17, 15) is 40.8 Å². The number of halogens is 4. The number of nitriles is 1. The number of carbonyl (C=O) groups is 2. The Kier molecular flexibility index (Phi) is 9.92. The molecule has 2 heterocycles. The molecule has 1 saturated heterocycles. The van der Waals surface area contributed by atoms with Gasteiger partial charge in [-0.3, -0.25) is 14.3 Å². The van der Waals surface area contributed by atoms with Crippen LogP contribution in [0.4, 0.5) is 29.1 Å². The highest BCUT2D eigenvalue weighted by Gasteiger charge is 2.35. The Hall–Kier alpha value is -4.19. The van der Waals surface area contributed by atoms with Gasteiger partial charge in [0.2, 0.25) is 15.9 Å². The van der Waals surface area contributed by atoms with Crippen LogP contribution in [-0.2, 0) is 37.1 Å². The number of carbonyl (C=O) groups excluding carboxylic acids is 2. The van der Waals surface area contributed by atoms with Gasteiger partial charge in [-0.1, -0.05) is 0 Å². The van der Waals surface area contributed by atoms with Gasteiger partial charge in [0.05, 0.1) is 24.3 Å². The topological polar surface area (TPSA) is 141 Å². The summed E-state index contributed by atoms with van der Waals surface area (Å²) in [5, 5.41) is 11.7. The molecule has 1 amide bonds. The van der Waals surface area contributed by atoms with Crippen molar-refractivity contribution in [2.45, 2.75) is 32.5 Å². The Morgan fingerprint density at radius 2 is 2.02 bits per heavy atom. The number of nitrogens with zero attached hydrogens (tertiary/aromatic N) is 3. The first kappa shape index (κ1) is 31.3. The minimum absolute atomic E-state index is 0.0485. The maximum atomic E-state index is 14.5. The first-order valence-electron chi connectivity index (χ1n) is 12.4. The van der Waals surface area contributed by atoms with Crippen LogP contribution in [0.2, 0.25) is 0 Å². The van der Waals surface area contributed by atoms with Gasteiger partial charge in [-0.25, -0.2) is 17.8 Å². The highest BCUT2D eigenvalue weighted by Crippen LogP contribution is 2.33. The van der Waals surface area contributed by atoms with Gasteiger partial charge in [0.25, 0.3) is 0 Å². The molecule has 1 unspecified atom stereocenters. The fourth-order valence-electron chi connectivity index (χ4n) is 4.18. The van der Waals surface area contributed by atoms with E-state index in [0.29, 0.717) is 19.4 Å². The maximum Gasteiger partial charge on any atom is 0.433 e. The zero-order chi connectivity index (χ0) is 30.4. The molecule has 41 heavy (non-hydrogen) atoms. The van der Waals surface area contributed by atoms with Gasteiger partial charge in [-0.2, -0.15) is 18.4 Å². The van der Waals surface area contributed by atoms with Gasteiger partial charge >= 0.3 is 12.1 Å². The molecule has 15 heteroatoms. The van der Waals surface area contributed by atoms with Crippen LogP contribution in [0, 0.1) is 23.1 Å². The monoisotopic (exact) mass is 597 g/mol. The number of esters is 1. The Balaban J connectivity index is 1.80. The third-order valence-corrected chi connectivity index (χ3v) is 6.55. The summed E-state index contributed by atoms with van der Waals surface area (Å²) in [5.74, 6) is -2.74. The van der Waals surface area contributed by atoms with Gasteiger partial charge in [-0.15, -0.1) is 0 Å². The second-order valence-corrected chi connectivity index (χ2v) is 10.9. The minimum Gasteiger partial charge on any atom is -0.466 e. The summed E-state index contributed by atoms with van der Waals surface area (Å²) in [7, 11) is -3.85. The Bertz CT molecular complexity index is 1490. The molecular weight excluding hydrogens is 570 g/mol. The van der Waals surface area contributed by atoms with Gasteiger partial charge in [0.1, 0.15) is 29.1 Å². The van der Waals surface area contributed by atoms with Crippen molar-refractivity contribution in [3.63, 3.8) is 0 Å². The van der Waals surface area contributed by atoms with Gasteiger partial charge in [0, 0.05) is 31.3 Å². The molecule has 1 fully saturated rings. The standard InChI is InChI=1S/C26H27F4N5O5S/c1-3-40-25(37)18-5-4-10-35(15-18)24-17(6-8-21(33-24)26(28,29)30)7-9-22(36)32-14-16-11-19(13-31)23(20(27)12-16)34-41(2,38)39/h6-9,11-12,18,34H,3-5,10,14-15H2,1-2H3,(H,32,36)/b9-7+. The molecule has 0 spiro atoms. The Morgan fingerprint density at radius 1 is 1.29 bits per heavy atom. The van der Waals surface area contributed by atoms with Crippen LogP contribution in [0.1, 0.15) is 42.1 Å². The molecule has 1 aromatic heterocycles. The van der Waals surface area contributed by atoms with Crippen molar-refractivity contribution >= 4 is 39.5 Å². The van der Waals surface area contributed by atoms with Crippen molar-refractivity contribution in [1.82, 2.24) is 10.3 Å². The number of anilines is 2. The van der Waals surface area contributed by atoms with E-state index >= 15 is 0 Å². The SMILES string of the molecule is CCOC(=O)C1CCCN(c2nc(C(F)(F)F)ccc2/C=C/C(=O)NCc2cc(F)c(NS(C)(=O)=O)c(C#N)c2)C1. The summed E-state index contributed by atoms with van der Waals surface area (Å²) < 4.78 is 84.6. The van der Waals surface area contributed by atoms with E-state index in [0.717, 1.165) is 24.5 Å². The predicted molar refractivity (Wildman–Crippen MR) is 141 cm³/mol. The average molecular weight is 598 g/mol. The summed E-state index contributed by atoms with van der Waals surface area (Å²) in [5.41, 5.74) is -1.58. The van der Waals surface area contributed by atoms with E-state index in [1.54, 1.807) is 17.9 Å². The van der Waals surface area contributed by atoms with Crippen LogP contribution in [0.3, 0.4) is 0 Å². The van der Waals surface area contributed by atoms with Gasteiger partial charge in [0.15, 0.2) is 0 Å². The van der Waals surface area contributed by atoms with Crippen molar-refractivity contribution in [3.05, 3.63) is 58.5 Å². The van der Waals surface area contributed by atoms with E-state index in [1.165, 1.54) is 18.2 Å². The first-order valence-corrected chi connectivity index (χ1v) is 14.3. The van der Waals surface area contributed by atoms with Crippen molar-refractivity contribution < 1.29 is 40.3 Å². The molecule has 3 rings (SSSR count). The quantitative estimate of drug-likeness (QED) is 0.254. The third kappa shape index (κ3) is 8.65. The maximum absolute atomic E-state index is 14.5. The molecule has 0 saturated carbocycles. The summed E-state index contributed by atoms with van der Waals surface area (Å²) >= 11 is 0. The fraction of sp³-hybridized carbons (Fsp3) is 0.385. The number of piperidine rings is 1. The third-order valence-electron chi connectivity index (χ3n) is 5.98. The number of benzene rings is 1. The van der Waals surface area contributed by atoms with Gasteiger partial charge < -0.3 is 15.0 Å². The molecule has 10 nitrogen and oxygen atoms in total. The van der Waals surface area contributed by atoms with E-state index in [2.05, 4.69) is 10.3 Å². The summed E-state index contributed by atoms with van der Waals surface area (Å²) in [4.78, 5) is 30.1. The molecule has 1 aliphatic rings. The molecule has 1 aliphatic heterocycles. The van der Waals surface area contributed by atoms with E-state index in [1.807, 2.05) is 4.72 Å². The molecule has 0 bridgehead atoms. The number of amides is 1. The summed E-state index contributed by atoms with van der Waals surface area (Å²) in [6.07, 6.45) is -0.551. The van der Waals surface area contributed by atoms with Crippen molar-refractivity contribution in [3.8, 4) is 6.07 Å². The highest BCUT2D eigenvalue weighted by atomic mass is 32.2. The second kappa shape index (κ2) is 13.0. The Labute approximate surface area is 234 Å². The zero-order valence-electron chi connectivity index (χ0n) is 22.1. The minimum atomic E-state index is -4.71. The summed E-state index contributed by atoms with van der Waals surface area (Å²) in [6, 6.07) is 5.80. The Morgan fingerprint density at radius 3 is 2.66 bits per heavy atom. The lowest BCUT2D eigenvalue weighted by Gasteiger charge is -2.33. The molecule has 1 atom stereocenters. The average Bonchev–Trinajstić information content (AvgIpc) is 2.90. The number of rotatable bonds is 9. The van der Waals surface area contributed by atoms with E-state index in [-0.39, 0.29) is 42.2 Å². The van der Waals surface area contributed by atoms with Crippen LogP contribution < -0.4 is 14.9 Å². The van der Waals surface area contributed by atoms with Gasteiger partial charge in [-0.05, 0) is 55.7 Å². The first-order chi connectivity index (χ1) is 19.2. The largest absolute Gasteiger partial charge is 0.466 e. The van der Waals surface area contributed by atoms with Crippen LogP contribution >= 0.6 is 0 Å². The lowest BCUT2D eigenvalue weighted by Crippen LogP contribution is -2.40. The smallest absolute Gasteiger partial charge is 0.433 e. The highest BCUT2D eigenvalue weighted by molar-refractivity contribution is 7.92. The zero-order valence-corrected chi connectivity index (χ0v) is 22.9. The summed E-state index contributed by atoms with van der Waals surface area (Å²) in [6.45, 7) is 2.03. The number of hydrogen-bond donors (Lipinski definition) is 2. The molecule has 2 aromatic rings. The lowest BCUT2D eigenvalue weighted by atomic mass is 9.97. The molecule has 220 valence electrons. The second-order valence-electron chi connectivity index (χ2n) is 9.18. The van der Waals surface area contributed by atoms with Crippen molar-refractivity contribution in [2.24, 2.45) is 5.92 Å². The molecule has 0 radical (unpaired) electrons. The molecule has 1 aromatic carbocycles. The number of aromatic nitrogens is 1. The number of hydrogen-bond acceptors (Lipinski definition) is 8. The fourth-order valence-corrected chi connectivity index (χ4v) is 4.76. The van der Waals surface area contributed by atoms with Crippen LogP contribution in [-0.4, -0.2) is 51.2 Å². The van der Waals surface area contributed by atoms with E-state index < -0.39 is 51.2 Å². The van der Waals surface area contributed by atoms with Crippen LogP contribution in [0.25, 0.3) is 6.08 Å². The molecular formula is C26H27F4N5O5S. The van der Waals surface area contributed by atoms with Crippen molar-refractivity contribution in [2.75, 3.05) is 35.6 Å². The van der Waals surface area contributed by atoms with Crippen molar-refractivity contribution in [1.29, 1.82) is 5.26 Å². The normalized spacial score (nSPS) is 15.8. The number of alkyl halides is 3. The van der Waals surface area contributed by atoms with Crippen LogP contribution in [0.15, 0.2) is 30.3 Å². The number of pyridine rings is 1. The number of nitrogens with one attached hydrogen (secondary N) is 2.